The van der Waals surface area contributed by atoms with Gasteiger partial charge in [0.1, 0.15) is 0 Å². The lowest BCUT2D eigenvalue weighted by Gasteiger charge is -2.40. The SMILES string of the molecule is CCN(C)C1CCC(NC(=O)CNC(=O)c2cccc(C(F)(F)F)c2)C(CCc2cccc(C(=O)O)c2)C1. The average Bonchev–Trinajstić information content (AvgIpc) is 2.90. The Hall–Kier alpha value is -3.40. The maximum Gasteiger partial charge on any atom is 0.416 e. The summed E-state index contributed by atoms with van der Waals surface area (Å²) in [5, 5.41) is 14.7. The Kier molecular flexibility index (Phi) is 9.90. The Morgan fingerprint density at radius 1 is 1.05 bits per heavy atom. The molecule has 1 aliphatic rings. The van der Waals surface area contributed by atoms with Gasteiger partial charge in [-0.3, -0.25) is 9.59 Å². The third-order valence-corrected chi connectivity index (χ3v) is 7.26. The third-order valence-electron chi connectivity index (χ3n) is 7.26. The second-order valence-electron chi connectivity index (χ2n) is 9.78. The summed E-state index contributed by atoms with van der Waals surface area (Å²) >= 11 is 0. The fraction of sp³-hybridized carbons (Fsp3) is 0.464. The van der Waals surface area contributed by atoms with Crippen molar-refractivity contribution in [1.82, 2.24) is 15.5 Å². The Labute approximate surface area is 220 Å². The number of carboxylic acids is 1. The summed E-state index contributed by atoms with van der Waals surface area (Å²) in [6.45, 7) is 2.64. The Morgan fingerprint density at radius 3 is 2.45 bits per heavy atom. The van der Waals surface area contributed by atoms with Crippen molar-refractivity contribution in [2.45, 2.75) is 57.3 Å². The van der Waals surface area contributed by atoms with Gasteiger partial charge in [-0.05, 0) is 87.5 Å². The molecule has 2 aromatic rings. The Balaban J connectivity index is 1.61. The number of carbonyl (C=O) groups excluding carboxylic acids is 2. The van der Waals surface area contributed by atoms with Gasteiger partial charge in [0.2, 0.25) is 5.91 Å². The number of halogens is 3. The second-order valence-corrected chi connectivity index (χ2v) is 9.78. The van der Waals surface area contributed by atoms with Crippen LogP contribution < -0.4 is 10.6 Å². The van der Waals surface area contributed by atoms with Crippen molar-refractivity contribution in [3.05, 3.63) is 70.8 Å². The van der Waals surface area contributed by atoms with E-state index in [4.69, 9.17) is 0 Å². The summed E-state index contributed by atoms with van der Waals surface area (Å²) in [6.07, 6.45) is -0.641. The standard InChI is InChI=1S/C28H34F3N3O4/c1-3-34(2)23-12-13-24(19(16-23)11-10-18-6-4-8-21(14-18)27(37)38)33-25(35)17-32-26(36)20-7-5-9-22(15-20)28(29,30)31/h4-9,14-15,19,23-24H,3,10-13,16-17H2,1-2H3,(H,32,36)(H,33,35)(H,37,38). The van der Waals surface area contributed by atoms with Crippen molar-refractivity contribution in [2.75, 3.05) is 20.1 Å². The molecule has 0 saturated heterocycles. The minimum Gasteiger partial charge on any atom is -0.478 e. The monoisotopic (exact) mass is 533 g/mol. The van der Waals surface area contributed by atoms with Crippen molar-refractivity contribution in [3.8, 4) is 0 Å². The number of hydrogen-bond acceptors (Lipinski definition) is 4. The summed E-state index contributed by atoms with van der Waals surface area (Å²) in [7, 11) is 2.07. The lowest BCUT2D eigenvalue weighted by molar-refractivity contribution is -0.137. The molecule has 3 unspecified atom stereocenters. The number of nitrogens with zero attached hydrogens (tertiary/aromatic N) is 1. The predicted molar refractivity (Wildman–Crippen MR) is 137 cm³/mol. The zero-order valence-electron chi connectivity index (χ0n) is 21.6. The Morgan fingerprint density at radius 2 is 1.76 bits per heavy atom. The van der Waals surface area contributed by atoms with Crippen molar-refractivity contribution >= 4 is 17.8 Å². The molecule has 0 heterocycles. The average molecular weight is 534 g/mol. The fourth-order valence-electron chi connectivity index (χ4n) is 4.98. The van der Waals surface area contributed by atoms with E-state index >= 15 is 0 Å². The van der Waals surface area contributed by atoms with Crippen molar-refractivity contribution in [1.29, 1.82) is 0 Å². The van der Waals surface area contributed by atoms with Gasteiger partial charge in [-0.2, -0.15) is 13.2 Å². The molecule has 7 nitrogen and oxygen atoms in total. The van der Waals surface area contributed by atoms with Crippen LogP contribution in [-0.2, 0) is 17.4 Å². The van der Waals surface area contributed by atoms with Gasteiger partial charge in [0, 0.05) is 17.6 Å². The van der Waals surface area contributed by atoms with E-state index < -0.39 is 29.5 Å². The third kappa shape index (κ3) is 8.05. The first-order chi connectivity index (χ1) is 18.0. The lowest BCUT2D eigenvalue weighted by Crippen LogP contribution is -2.50. The number of rotatable bonds is 10. The molecule has 0 aliphatic heterocycles. The molecule has 38 heavy (non-hydrogen) atoms. The van der Waals surface area contributed by atoms with E-state index in [1.54, 1.807) is 18.2 Å². The van der Waals surface area contributed by atoms with Gasteiger partial charge >= 0.3 is 12.1 Å². The Bertz CT molecular complexity index is 1140. The number of benzene rings is 2. The van der Waals surface area contributed by atoms with Gasteiger partial charge in [-0.1, -0.05) is 25.1 Å². The van der Waals surface area contributed by atoms with E-state index in [1.807, 2.05) is 6.07 Å². The first-order valence-corrected chi connectivity index (χ1v) is 12.7. The highest BCUT2D eigenvalue weighted by Gasteiger charge is 2.33. The number of alkyl halides is 3. The molecule has 2 aromatic carbocycles. The number of nitrogens with one attached hydrogen (secondary N) is 2. The van der Waals surface area contributed by atoms with Crippen molar-refractivity contribution < 1.29 is 32.7 Å². The number of amides is 2. The van der Waals surface area contributed by atoms with Crippen LogP contribution in [0.15, 0.2) is 48.5 Å². The highest BCUT2D eigenvalue weighted by atomic mass is 19.4. The number of carboxylic acid groups (broad SMARTS) is 1. The molecule has 0 spiro atoms. The molecule has 3 rings (SSSR count). The summed E-state index contributed by atoms with van der Waals surface area (Å²) in [6, 6.07) is 11.1. The molecular formula is C28H34F3N3O4. The normalized spacial score (nSPS) is 19.7. The van der Waals surface area contributed by atoms with Crippen LogP contribution in [0, 0.1) is 5.92 Å². The van der Waals surface area contributed by atoms with E-state index in [0.29, 0.717) is 12.5 Å². The fourth-order valence-corrected chi connectivity index (χ4v) is 4.98. The molecule has 2 amide bonds. The van der Waals surface area contributed by atoms with E-state index in [-0.39, 0.29) is 29.6 Å². The van der Waals surface area contributed by atoms with Gasteiger partial charge in [0.05, 0.1) is 17.7 Å². The quantitative estimate of drug-likeness (QED) is 0.421. The number of carbonyl (C=O) groups is 3. The van der Waals surface area contributed by atoms with E-state index in [2.05, 4.69) is 29.5 Å². The molecule has 1 aliphatic carbocycles. The minimum absolute atomic E-state index is 0.128. The minimum atomic E-state index is -4.57. The molecule has 0 bridgehead atoms. The zero-order chi connectivity index (χ0) is 27.9. The highest BCUT2D eigenvalue weighted by Crippen LogP contribution is 2.31. The van der Waals surface area contributed by atoms with Crippen LogP contribution in [0.3, 0.4) is 0 Å². The van der Waals surface area contributed by atoms with E-state index in [1.165, 1.54) is 6.07 Å². The molecule has 0 radical (unpaired) electrons. The molecule has 206 valence electrons. The van der Waals surface area contributed by atoms with E-state index in [0.717, 1.165) is 56.0 Å². The first kappa shape index (κ1) is 29.2. The van der Waals surface area contributed by atoms with Crippen molar-refractivity contribution in [2.24, 2.45) is 5.92 Å². The lowest BCUT2D eigenvalue weighted by atomic mass is 9.78. The molecular weight excluding hydrogens is 499 g/mol. The number of aryl methyl sites for hydroxylation is 1. The van der Waals surface area contributed by atoms with E-state index in [9.17, 15) is 32.7 Å². The summed E-state index contributed by atoms with van der Waals surface area (Å²) < 4.78 is 38.8. The van der Waals surface area contributed by atoms with Crippen LogP contribution in [0.25, 0.3) is 0 Å². The number of hydrogen-bond donors (Lipinski definition) is 3. The maximum absolute atomic E-state index is 12.9. The van der Waals surface area contributed by atoms with Crippen LogP contribution >= 0.6 is 0 Å². The van der Waals surface area contributed by atoms with Gasteiger partial charge in [0.15, 0.2) is 0 Å². The topological polar surface area (TPSA) is 98.7 Å². The van der Waals surface area contributed by atoms with Gasteiger partial charge in [-0.15, -0.1) is 0 Å². The second kappa shape index (κ2) is 12.9. The van der Waals surface area contributed by atoms with Crippen LogP contribution in [0.4, 0.5) is 13.2 Å². The van der Waals surface area contributed by atoms with Crippen LogP contribution in [0.1, 0.15) is 64.4 Å². The van der Waals surface area contributed by atoms with Crippen molar-refractivity contribution in [3.63, 3.8) is 0 Å². The van der Waals surface area contributed by atoms with Gasteiger partial charge in [-0.25, -0.2) is 4.79 Å². The van der Waals surface area contributed by atoms with Crippen LogP contribution in [0.2, 0.25) is 0 Å². The van der Waals surface area contributed by atoms with Crippen LogP contribution in [-0.4, -0.2) is 60.0 Å². The largest absolute Gasteiger partial charge is 0.478 e. The summed E-state index contributed by atoms with van der Waals surface area (Å²) in [5.41, 5.74) is 0.0442. The highest BCUT2D eigenvalue weighted by molar-refractivity contribution is 5.96. The predicted octanol–water partition coefficient (Wildman–Crippen LogP) is 4.37. The first-order valence-electron chi connectivity index (χ1n) is 12.7. The smallest absolute Gasteiger partial charge is 0.416 e. The summed E-state index contributed by atoms with van der Waals surface area (Å²) in [4.78, 5) is 38.7. The van der Waals surface area contributed by atoms with Gasteiger partial charge < -0.3 is 20.6 Å². The molecule has 3 N–H and O–H groups in total. The molecule has 1 saturated carbocycles. The molecule has 0 aromatic heterocycles. The van der Waals surface area contributed by atoms with Crippen LogP contribution in [0.5, 0.6) is 0 Å². The number of aromatic carboxylic acids is 1. The van der Waals surface area contributed by atoms with Gasteiger partial charge in [0.25, 0.3) is 5.91 Å². The molecule has 3 atom stereocenters. The molecule has 10 heteroatoms. The zero-order valence-corrected chi connectivity index (χ0v) is 21.6. The summed E-state index contributed by atoms with van der Waals surface area (Å²) in [5.74, 6) is -2.00. The maximum atomic E-state index is 12.9. The molecule has 1 fully saturated rings.